The summed E-state index contributed by atoms with van der Waals surface area (Å²) in [5.41, 5.74) is 7.92. The van der Waals surface area contributed by atoms with Gasteiger partial charge in [0.05, 0.1) is 30.5 Å². The van der Waals surface area contributed by atoms with Gasteiger partial charge in [-0.25, -0.2) is 15.0 Å². The van der Waals surface area contributed by atoms with Gasteiger partial charge in [0, 0.05) is 23.2 Å². The average Bonchev–Trinajstić information content (AvgIpc) is 2.83. The number of benzene rings is 2. The van der Waals surface area contributed by atoms with Crippen molar-refractivity contribution in [1.29, 1.82) is 0 Å². The van der Waals surface area contributed by atoms with Gasteiger partial charge in [-0.1, -0.05) is 19.1 Å². The van der Waals surface area contributed by atoms with E-state index in [4.69, 9.17) is 25.2 Å². The highest BCUT2D eigenvalue weighted by atomic mass is 16.5. The fraction of sp³-hybridized carbons (Fsp3) is 0.167. The minimum absolute atomic E-state index is 0.366. The summed E-state index contributed by atoms with van der Waals surface area (Å²) in [4.78, 5) is 25.6. The lowest BCUT2D eigenvalue weighted by Crippen LogP contribution is -2.13. The predicted molar refractivity (Wildman–Crippen MR) is 123 cm³/mol. The van der Waals surface area contributed by atoms with E-state index in [1.165, 1.54) is 0 Å². The van der Waals surface area contributed by atoms with Crippen molar-refractivity contribution in [3.8, 4) is 23.0 Å². The predicted octanol–water partition coefficient (Wildman–Crippen LogP) is 4.33. The molecule has 0 bridgehead atoms. The highest BCUT2D eigenvalue weighted by molar-refractivity contribution is 6.01. The van der Waals surface area contributed by atoms with Crippen molar-refractivity contribution >= 4 is 28.3 Å². The zero-order chi connectivity index (χ0) is 22.5. The maximum Gasteiger partial charge on any atom is 0.250 e. The summed E-state index contributed by atoms with van der Waals surface area (Å²) < 4.78 is 10.9. The van der Waals surface area contributed by atoms with Gasteiger partial charge in [-0.05, 0) is 42.8 Å². The van der Waals surface area contributed by atoms with E-state index >= 15 is 0 Å². The van der Waals surface area contributed by atoms with Crippen LogP contribution < -0.4 is 20.5 Å². The molecule has 0 aliphatic rings. The van der Waals surface area contributed by atoms with E-state index in [9.17, 15) is 4.79 Å². The van der Waals surface area contributed by atoms with Crippen molar-refractivity contribution in [2.75, 3.05) is 19.0 Å². The van der Waals surface area contributed by atoms with Crippen LogP contribution in [0.15, 0.2) is 60.8 Å². The third-order valence-electron chi connectivity index (χ3n) is 4.79. The zero-order valence-electron chi connectivity index (χ0n) is 17.8. The van der Waals surface area contributed by atoms with Crippen LogP contribution in [0.3, 0.4) is 0 Å². The lowest BCUT2D eigenvalue weighted by atomic mass is 10.1. The molecule has 4 rings (SSSR count). The summed E-state index contributed by atoms with van der Waals surface area (Å²) in [5.74, 6) is 1.69. The number of nitrogens with one attached hydrogen (secondary N) is 1. The number of pyridine rings is 1. The molecule has 0 spiro atoms. The molecule has 162 valence electrons. The number of para-hydroxylation sites is 1. The molecule has 0 aliphatic carbocycles. The van der Waals surface area contributed by atoms with E-state index in [1.807, 2.05) is 37.3 Å². The minimum Gasteiger partial charge on any atom is -0.494 e. The number of hydrogen-bond donors (Lipinski definition) is 2. The molecule has 0 aliphatic heterocycles. The Hall–Kier alpha value is -4.20. The van der Waals surface area contributed by atoms with Crippen LogP contribution in [-0.4, -0.2) is 34.6 Å². The highest BCUT2D eigenvalue weighted by Gasteiger charge is 2.14. The number of fused-ring (bicyclic) bond motifs is 1. The molecule has 3 N–H and O–H groups in total. The van der Waals surface area contributed by atoms with Gasteiger partial charge in [0.2, 0.25) is 5.88 Å². The third-order valence-corrected chi connectivity index (χ3v) is 4.79. The van der Waals surface area contributed by atoms with Gasteiger partial charge in [-0.3, -0.25) is 4.79 Å². The molecule has 32 heavy (non-hydrogen) atoms. The van der Waals surface area contributed by atoms with Crippen molar-refractivity contribution < 1.29 is 14.3 Å². The Morgan fingerprint density at radius 3 is 2.66 bits per heavy atom. The quantitative estimate of drug-likeness (QED) is 0.429. The number of nitrogens with zero attached hydrogens (tertiary/aromatic N) is 3. The number of anilines is 2. The Labute approximate surface area is 185 Å². The largest absolute Gasteiger partial charge is 0.494 e. The lowest BCUT2D eigenvalue weighted by molar-refractivity contribution is 0.100. The van der Waals surface area contributed by atoms with Crippen LogP contribution in [0.1, 0.15) is 23.7 Å². The van der Waals surface area contributed by atoms with E-state index < -0.39 is 5.91 Å². The first-order valence-corrected chi connectivity index (χ1v) is 10.2. The number of rotatable bonds is 8. The SMILES string of the molecule is CCCOc1ccc2nc(-c3ccc(OC)nc3)nc(Nc3ccccc3C(N)=O)c2c1. The van der Waals surface area contributed by atoms with Crippen LogP contribution >= 0.6 is 0 Å². The number of ether oxygens (including phenoxy) is 2. The average molecular weight is 429 g/mol. The Bertz CT molecular complexity index is 1260. The molecule has 2 aromatic heterocycles. The molecule has 1 amide bonds. The molecular weight excluding hydrogens is 406 g/mol. The Balaban J connectivity index is 1.85. The van der Waals surface area contributed by atoms with E-state index in [2.05, 4.69) is 10.3 Å². The Morgan fingerprint density at radius 1 is 1.09 bits per heavy atom. The molecule has 0 unspecified atom stereocenters. The number of carbonyl (C=O) groups is 1. The summed E-state index contributed by atoms with van der Waals surface area (Å²) in [7, 11) is 1.56. The maximum absolute atomic E-state index is 11.9. The number of aromatic nitrogens is 3. The molecule has 4 aromatic rings. The van der Waals surface area contributed by atoms with Gasteiger partial charge in [-0.2, -0.15) is 0 Å². The second-order valence-electron chi connectivity index (χ2n) is 7.05. The molecule has 0 saturated heterocycles. The van der Waals surface area contributed by atoms with E-state index in [0.717, 1.165) is 17.4 Å². The molecular formula is C24H23N5O3. The van der Waals surface area contributed by atoms with Crippen molar-refractivity contribution in [3.63, 3.8) is 0 Å². The highest BCUT2D eigenvalue weighted by Crippen LogP contribution is 2.31. The number of primary amides is 1. The van der Waals surface area contributed by atoms with E-state index in [1.54, 1.807) is 37.6 Å². The summed E-state index contributed by atoms with van der Waals surface area (Å²) in [5, 5.41) is 4.01. The maximum atomic E-state index is 11.9. The van der Waals surface area contributed by atoms with Crippen LogP contribution in [0.25, 0.3) is 22.3 Å². The lowest BCUT2D eigenvalue weighted by Gasteiger charge is -2.14. The standard InChI is InChI=1S/C24H23N5O3/c1-3-12-32-16-9-10-20-18(13-16)24(28-19-7-5-4-6-17(19)22(25)30)29-23(27-20)15-8-11-21(31-2)26-14-15/h4-11,13-14H,3,12H2,1-2H3,(H2,25,30)(H,27,28,29). The van der Waals surface area contributed by atoms with Crippen LogP contribution in [0.5, 0.6) is 11.6 Å². The second-order valence-corrected chi connectivity index (χ2v) is 7.05. The van der Waals surface area contributed by atoms with E-state index in [-0.39, 0.29) is 0 Å². The second kappa shape index (κ2) is 9.30. The molecule has 2 heterocycles. The molecule has 0 radical (unpaired) electrons. The van der Waals surface area contributed by atoms with Gasteiger partial charge in [-0.15, -0.1) is 0 Å². The monoisotopic (exact) mass is 429 g/mol. The summed E-state index contributed by atoms with van der Waals surface area (Å²) in [6.45, 7) is 2.66. The number of amides is 1. The Kier molecular flexibility index (Phi) is 6.12. The van der Waals surface area contributed by atoms with E-state index in [0.29, 0.717) is 46.6 Å². The number of carbonyl (C=O) groups excluding carboxylic acids is 1. The van der Waals surface area contributed by atoms with Crippen molar-refractivity contribution in [2.45, 2.75) is 13.3 Å². The van der Waals surface area contributed by atoms with Crippen LogP contribution in [0.2, 0.25) is 0 Å². The first-order chi connectivity index (χ1) is 15.6. The van der Waals surface area contributed by atoms with Crippen molar-refractivity contribution in [2.24, 2.45) is 5.73 Å². The zero-order valence-corrected chi connectivity index (χ0v) is 17.8. The van der Waals surface area contributed by atoms with Gasteiger partial charge >= 0.3 is 0 Å². The fourth-order valence-corrected chi connectivity index (χ4v) is 3.21. The van der Waals surface area contributed by atoms with Gasteiger partial charge < -0.3 is 20.5 Å². The fourth-order valence-electron chi connectivity index (χ4n) is 3.21. The molecule has 0 atom stereocenters. The van der Waals surface area contributed by atoms with Crippen molar-refractivity contribution in [3.05, 3.63) is 66.4 Å². The molecule has 8 heteroatoms. The number of nitrogens with two attached hydrogens (primary N) is 1. The molecule has 0 fully saturated rings. The third kappa shape index (κ3) is 4.44. The summed E-state index contributed by atoms with van der Waals surface area (Å²) >= 11 is 0. The van der Waals surface area contributed by atoms with Gasteiger partial charge in [0.1, 0.15) is 11.6 Å². The molecule has 8 nitrogen and oxygen atoms in total. The molecule has 0 saturated carbocycles. The normalized spacial score (nSPS) is 10.7. The van der Waals surface area contributed by atoms with Gasteiger partial charge in [0.25, 0.3) is 5.91 Å². The minimum atomic E-state index is -0.530. The van der Waals surface area contributed by atoms with Crippen LogP contribution in [-0.2, 0) is 0 Å². The van der Waals surface area contributed by atoms with Crippen molar-refractivity contribution in [1.82, 2.24) is 15.0 Å². The molecule has 2 aromatic carbocycles. The number of hydrogen-bond acceptors (Lipinski definition) is 7. The Morgan fingerprint density at radius 2 is 1.94 bits per heavy atom. The van der Waals surface area contributed by atoms with Crippen LogP contribution in [0, 0.1) is 0 Å². The number of methoxy groups -OCH3 is 1. The van der Waals surface area contributed by atoms with Gasteiger partial charge in [0.15, 0.2) is 5.82 Å². The topological polar surface area (TPSA) is 112 Å². The van der Waals surface area contributed by atoms with Crippen LogP contribution in [0.4, 0.5) is 11.5 Å². The summed E-state index contributed by atoms with van der Waals surface area (Å²) in [6.07, 6.45) is 2.55. The summed E-state index contributed by atoms with van der Waals surface area (Å²) in [6, 6.07) is 16.3. The first kappa shape index (κ1) is 21.0. The first-order valence-electron chi connectivity index (χ1n) is 10.2. The smallest absolute Gasteiger partial charge is 0.250 e.